The Morgan fingerprint density at radius 3 is 2.00 bits per heavy atom. The van der Waals surface area contributed by atoms with Crippen molar-refractivity contribution in [3.63, 3.8) is 0 Å². The van der Waals surface area contributed by atoms with Gasteiger partial charge in [0.2, 0.25) is 0 Å². The summed E-state index contributed by atoms with van der Waals surface area (Å²) in [5, 5.41) is 0. The molecule has 0 spiro atoms. The second-order valence-corrected chi connectivity index (χ2v) is 4.45. The van der Waals surface area contributed by atoms with E-state index in [0.717, 1.165) is 5.56 Å². The van der Waals surface area contributed by atoms with Gasteiger partial charge in [-0.3, -0.25) is 0 Å². The van der Waals surface area contributed by atoms with Gasteiger partial charge in [-0.25, -0.2) is 4.39 Å². The van der Waals surface area contributed by atoms with E-state index in [1.54, 1.807) is 19.2 Å². The van der Waals surface area contributed by atoms with E-state index in [-0.39, 0.29) is 11.9 Å². The number of nitrogens with two attached hydrogens (primary N) is 1. The first-order chi connectivity index (χ1) is 10.2. The van der Waals surface area contributed by atoms with E-state index < -0.39 is 0 Å². The third-order valence-corrected chi connectivity index (χ3v) is 2.77. The van der Waals surface area contributed by atoms with Gasteiger partial charge < -0.3 is 24.7 Å². The third kappa shape index (κ3) is 8.75. The zero-order valence-corrected chi connectivity index (χ0v) is 12.4. The Bertz CT molecular complexity index is 361. The van der Waals surface area contributed by atoms with Crippen molar-refractivity contribution in [2.24, 2.45) is 5.73 Å². The third-order valence-electron chi connectivity index (χ3n) is 2.77. The Labute approximate surface area is 125 Å². The van der Waals surface area contributed by atoms with E-state index in [1.165, 1.54) is 12.1 Å². The molecule has 1 unspecified atom stereocenters. The summed E-state index contributed by atoms with van der Waals surface area (Å²) < 4.78 is 33.6. The summed E-state index contributed by atoms with van der Waals surface area (Å²) >= 11 is 0. The minimum atomic E-state index is -0.270. The zero-order chi connectivity index (χ0) is 15.3. The minimum Gasteiger partial charge on any atom is -0.382 e. The highest BCUT2D eigenvalue weighted by molar-refractivity contribution is 5.19. The fourth-order valence-electron chi connectivity index (χ4n) is 1.60. The van der Waals surface area contributed by atoms with Gasteiger partial charge >= 0.3 is 0 Å². The monoisotopic (exact) mass is 301 g/mol. The van der Waals surface area contributed by atoms with E-state index in [4.69, 9.17) is 24.7 Å². The molecule has 6 heteroatoms. The maximum Gasteiger partial charge on any atom is 0.123 e. The fourth-order valence-corrected chi connectivity index (χ4v) is 1.60. The van der Waals surface area contributed by atoms with Gasteiger partial charge in [-0.05, 0) is 17.7 Å². The molecule has 0 aromatic heterocycles. The zero-order valence-electron chi connectivity index (χ0n) is 12.4. The highest BCUT2D eigenvalue weighted by Gasteiger charge is 2.05. The van der Waals surface area contributed by atoms with Gasteiger partial charge in [0, 0.05) is 7.11 Å². The lowest BCUT2D eigenvalue weighted by Crippen LogP contribution is -2.19. The van der Waals surface area contributed by atoms with Crippen LogP contribution >= 0.6 is 0 Å². The normalized spacial score (nSPS) is 12.5. The van der Waals surface area contributed by atoms with Crippen molar-refractivity contribution >= 4 is 0 Å². The molecule has 1 aromatic rings. The predicted molar refractivity (Wildman–Crippen MR) is 77.7 cm³/mol. The van der Waals surface area contributed by atoms with Gasteiger partial charge in [0.15, 0.2) is 0 Å². The summed E-state index contributed by atoms with van der Waals surface area (Å²) in [5.74, 6) is -0.270. The van der Waals surface area contributed by atoms with Crippen LogP contribution in [0.3, 0.4) is 0 Å². The van der Waals surface area contributed by atoms with Crippen LogP contribution < -0.4 is 5.73 Å². The van der Waals surface area contributed by atoms with Crippen molar-refractivity contribution in [1.29, 1.82) is 0 Å². The SMILES string of the molecule is COCCOCCOCCOCC(N)c1ccc(F)cc1. The fraction of sp³-hybridized carbons (Fsp3) is 0.600. The smallest absolute Gasteiger partial charge is 0.123 e. The van der Waals surface area contributed by atoms with Crippen molar-refractivity contribution in [2.75, 3.05) is 53.4 Å². The molecule has 2 N–H and O–H groups in total. The predicted octanol–water partition coefficient (Wildman–Crippen LogP) is 1.52. The topological polar surface area (TPSA) is 62.9 Å². The van der Waals surface area contributed by atoms with Gasteiger partial charge in [0.05, 0.1) is 52.3 Å². The summed E-state index contributed by atoms with van der Waals surface area (Å²) in [4.78, 5) is 0. The molecule has 21 heavy (non-hydrogen) atoms. The lowest BCUT2D eigenvalue weighted by atomic mass is 10.1. The summed E-state index contributed by atoms with van der Waals surface area (Å²) in [6, 6.07) is 5.85. The summed E-state index contributed by atoms with van der Waals surface area (Å²) in [5.41, 5.74) is 6.78. The first kappa shape index (κ1) is 18.0. The van der Waals surface area contributed by atoms with Crippen LogP contribution in [0.25, 0.3) is 0 Å². The standard InChI is InChI=1S/C15H24FNO4/c1-18-6-7-19-8-9-20-10-11-21-12-15(17)13-2-4-14(16)5-3-13/h2-5,15H,6-12,17H2,1H3. The van der Waals surface area contributed by atoms with E-state index >= 15 is 0 Å². The highest BCUT2D eigenvalue weighted by atomic mass is 19.1. The molecular weight excluding hydrogens is 277 g/mol. The lowest BCUT2D eigenvalue weighted by Gasteiger charge is -2.12. The Kier molecular flexibility index (Phi) is 9.94. The second kappa shape index (κ2) is 11.6. The largest absolute Gasteiger partial charge is 0.382 e. The molecule has 120 valence electrons. The van der Waals surface area contributed by atoms with Crippen molar-refractivity contribution < 1.29 is 23.3 Å². The molecular formula is C15H24FNO4. The molecule has 0 radical (unpaired) electrons. The highest BCUT2D eigenvalue weighted by Crippen LogP contribution is 2.11. The van der Waals surface area contributed by atoms with Gasteiger partial charge in [0.1, 0.15) is 5.82 Å². The Balaban J connectivity index is 1.95. The lowest BCUT2D eigenvalue weighted by molar-refractivity contribution is 0.00194. The van der Waals surface area contributed by atoms with Crippen LogP contribution in [0.5, 0.6) is 0 Å². The molecule has 1 rings (SSSR count). The van der Waals surface area contributed by atoms with Gasteiger partial charge in [-0.2, -0.15) is 0 Å². The van der Waals surface area contributed by atoms with Crippen LogP contribution in [0.4, 0.5) is 4.39 Å². The Morgan fingerprint density at radius 2 is 1.43 bits per heavy atom. The molecule has 0 bridgehead atoms. The number of halogens is 1. The second-order valence-electron chi connectivity index (χ2n) is 4.45. The first-order valence-corrected chi connectivity index (χ1v) is 6.97. The van der Waals surface area contributed by atoms with Gasteiger partial charge in [0.25, 0.3) is 0 Å². The number of benzene rings is 1. The molecule has 0 aliphatic rings. The Morgan fingerprint density at radius 1 is 0.905 bits per heavy atom. The number of methoxy groups -OCH3 is 1. The van der Waals surface area contributed by atoms with Crippen LogP contribution in [0.1, 0.15) is 11.6 Å². The molecule has 0 amide bonds. The molecule has 0 saturated carbocycles. The molecule has 0 heterocycles. The van der Waals surface area contributed by atoms with E-state index in [0.29, 0.717) is 46.2 Å². The van der Waals surface area contributed by atoms with Gasteiger partial charge in [-0.1, -0.05) is 12.1 Å². The van der Waals surface area contributed by atoms with Crippen molar-refractivity contribution in [2.45, 2.75) is 6.04 Å². The molecule has 0 aliphatic heterocycles. The van der Waals surface area contributed by atoms with Crippen molar-refractivity contribution in [1.82, 2.24) is 0 Å². The number of rotatable bonds is 12. The van der Waals surface area contributed by atoms with Crippen molar-refractivity contribution in [3.05, 3.63) is 35.6 Å². The van der Waals surface area contributed by atoms with E-state index in [1.807, 2.05) is 0 Å². The van der Waals surface area contributed by atoms with Crippen LogP contribution in [0.15, 0.2) is 24.3 Å². The molecule has 1 aromatic carbocycles. The van der Waals surface area contributed by atoms with Crippen LogP contribution in [-0.2, 0) is 18.9 Å². The average molecular weight is 301 g/mol. The molecule has 5 nitrogen and oxygen atoms in total. The molecule has 0 aliphatic carbocycles. The molecule has 1 atom stereocenters. The average Bonchev–Trinajstić information content (AvgIpc) is 2.49. The first-order valence-electron chi connectivity index (χ1n) is 6.97. The maximum absolute atomic E-state index is 12.8. The minimum absolute atomic E-state index is 0.261. The molecule has 0 fully saturated rings. The number of hydrogen-bond acceptors (Lipinski definition) is 5. The summed E-state index contributed by atoms with van der Waals surface area (Å²) in [6.45, 7) is 3.55. The van der Waals surface area contributed by atoms with Crippen LogP contribution in [0.2, 0.25) is 0 Å². The Hall–Kier alpha value is -1.05. The quantitative estimate of drug-likeness (QED) is 0.593. The molecule has 0 saturated heterocycles. The summed E-state index contributed by atoms with van der Waals surface area (Å²) in [6.07, 6.45) is 0. The van der Waals surface area contributed by atoms with Crippen molar-refractivity contribution in [3.8, 4) is 0 Å². The van der Waals surface area contributed by atoms with Gasteiger partial charge in [-0.15, -0.1) is 0 Å². The van der Waals surface area contributed by atoms with E-state index in [9.17, 15) is 4.39 Å². The maximum atomic E-state index is 12.8. The van der Waals surface area contributed by atoms with Crippen LogP contribution in [0, 0.1) is 5.82 Å². The van der Waals surface area contributed by atoms with Crippen LogP contribution in [-0.4, -0.2) is 53.4 Å². The summed E-state index contributed by atoms with van der Waals surface area (Å²) in [7, 11) is 1.63. The number of ether oxygens (including phenoxy) is 4. The van der Waals surface area contributed by atoms with E-state index in [2.05, 4.69) is 0 Å². The number of hydrogen-bond donors (Lipinski definition) is 1.